The fourth-order valence-corrected chi connectivity index (χ4v) is 2.49. The maximum Gasteiger partial charge on any atom is 0.161 e. The van der Waals surface area contributed by atoms with Gasteiger partial charge in [0.2, 0.25) is 0 Å². The smallest absolute Gasteiger partial charge is 0.161 e. The van der Waals surface area contributed by atoms with E-state index in [9.17, 15) is 0 Å². The lowest BCUT2D eigenvalue weighted by Crippen LogP contribution is -2.04. The highest BCUT2D eigenvalue weighted by Gasteiger charge is 2.08. The van der Waals surface area contributed by atoms with Gasteiger partial charge in [0.05, 0.1) is 19.9 Å². The Hall–Kier alpha value is -1.30. The molecule has 0 aliphatic carbocycles. The van der Waals surface area contributed by atoms with Crippen molar-refractivity contribution in [2.75, 3.05) is 21.3 Å². The quantitative estimate of drug-likeness (QED) is 0.922. The lowest BCUT2D eigenvalue weighted by Gasteiger charge is -2.08. The number of rotatable bonds is 5. The predicted octanol–water partition coefficient (Wildman–Crippen LogP) is 2.97. The molecule has 1 heterocycles. The number of aromatic nitrogens is 1. The molecule has 6 heteroatoms. The van der Waals surface area contributed by atoms with Crippen LogP contribution in [0.5, 0.6) is 11.5 Å². The van der Waals surface area contributed by atoms with Crippen LogP contribution in [-0.4, -0.2) is 26.3 Å². The van der Waals surface area contributed by atoms with Crippen molar-refractivity contribution in [3.8, 4) is 22.8 Å². The van der Waals surface area contributed by atoms with Crippen LogP contribution in [0.4, 0.5) is 0 Å². The zero-order valence-electron chi connectivity index (χ0n) is 11.1. The van der Waals surface area contributed by atoms with Crippen molar-refractivity contribution >= 4 is 23.7 Å². The summed E-state index contributed by atoms with van der Waals surface area (Å²) in [6.45, 7) is 0.790. The van der Waals surface area contributed by atoms with Crippen LogP contribution in [0, 0.1) is 0 Å². The molecule has 104 valence electrons. The molecule has 19 heavy (non-hydrogen) atoms. The van der Waals surface area contributed by atoms with Gasteiger partial charge in [-0.3, -0.25) is 0 Å². The normalized spacial score (nSPS) is 9.84. The van der Waals surface area contributed by atoms with E-state index in [1.807, 2.05) is 30.6 Å². The highest BCUT2D eigenvalue weighted by Crippen LogP contribution is 2.32. The van der Waals surface area contributed by atoms with Crippen LogP contribution < -0.4 is 14.8 Å². The molecule has 0 atom stereocenters. The van der Waals surface area contributed by atoms with Crippen molar-refractivity contribution in [2.45, 2.75) is 6.54 Å². The fourth-order valence-electron chi connectivity index (χ4n) is 1.67. The summed E-state index contributed by atoms with van der Waals surface area (Å²) in [5, 5.41) is 6.21. The monoisotopic (exact) mass is 300 g/mol. The summed E-state index contributed by atoms with van der Waals surface area (Å²) in [6.07, 6.45) is 0. The highest BCUT2D eigenvalue weighted by molar-refractivity contribution is 7.09. The minimum Gasteiger partial charge on any atom is -0.493 e. The molecule has 0 unspecified atom stereocenters. The molecule has 0 radical (unpaired) electrons. The van der Waals surface area contributed by atoms with Crippen molar-refractivity contribution in [3.63, 3.8) is 0 Å². The molecule has 1 N–H and O–H groups in total. The minimum atomic E-state index is 0. The lowest BCUT2D eigenvalue weighted by molar-refractivity contribution is 0.355. The summed E-state index contributed by atoms with van der Waals surface area (Å²) in [6, 6.07) is 5.82. The van der Waals surface area contributed by atoms with E-state index in [1.165, 1.54) is 0 Å². The molecule has 0 fully saturated rings. The van der Waals surface area contributed by atoms with Gasteiger partial charge in [-0.25, -0.2) is 4.98 Å². The van der Waals surface area contributed by atoms with Gasteiger partial charge in [0.1, 0.15) is 5.01 Å². The van der Waals surface area contributed by atoms with Gasteiger partial charge in [0.15, 0.2) is 11.5 Å². The zero-order valence-corrected chi connectivity index (χ0v) is 12.7. The zero-order chi connectivity index (χ0) is 13.0. The summed E-state index contributed by atoms with van der Waals surface area (Å²) >= 11 is 1.65. The second-order valence-corrected chi connectivity index (χ2v) is 4.67. The molecule has 1 aromatic heterocycles. The van der Waals surface area contributed by atoms with E-state index in [4.69, 9.17) is 9.47 Å². The molecular formula is C13H17ClN2O2S. The number of thiazole rings is 1. The number of hydrogen-bond donors (Lipinski definition) is 1. The maximum absolute atomic E-state index is 5.29. The number of benzene rings is 1. The van der Waals surface area contributed by atoms with Gasteiger partial charge < -0.3 is 14.8 Å². The minimum absolute atomic E-state index is 0. The first-order valence-electron chi connectivity index (χ1n) is 5.60. The fraction of sp³-hybridized carbons (Fsp3) is 0.308. The SMILES string of the molecule is CNCc1nc(-c2ccc(OC)c(OC)c2)cs1.Cl. The van der Waals surface area contributed by atoms with E-state index in [-0.39, 0.29) is 12.4 Å². The summed E-state index contributed by atoms with van der Waals surface area (Å²) in [4.78, 5) is 4.56. The number of nitrogens with zero attached hydrogens (tertiary/aromatic N) is 1. The van der Waals surface area contributed by atoms with E-state index in [0.717, 1.165) is 34.3 Å². The number of ether oxygens (including phenoxy) is 2. The summed E-state index contributed by atoms with van der Waals surface area (Å²) in [5.74, 6) is 1.45. The topological polar surface area (TPSA) is 43.4 Å². The van der Waals surface area contributed by atoms with Crippen molar-refractivity contribution in [3.05, 3.63) is 28.6 Å². The Balaban J connectivity index is 0.00000180. The largest absolute Gasteiger partial charge is 0.493 e. The Kier molecular flexibility index (Phi) is 6.08. The second kappa shape index (κ2) is 7.33. The summed E-state index contributed by atoms with van der Waals surface area (Å²) in [5.41, 5.74) is 2.00. The molecule has 0 aliphatic heterocycles. The average molecular weight is 301 g/mol. The molecule has 2 aromatic rings. The Morgan fingerprint density at radius 3 is 2.58 bits per heavy atom. The van der Waals surface area contributed by atoms with Gasteiger partial charge in [-0.1, -0.05) is 0 Å². The average Bonchev–Trinajstić information content (AvgIpc) is 2.87. The maximum atomic E-state index is 5.29. The van der Waals surface area contributed by atoms with Crippen LogP contribution in [0.15, 0.2) is 23.6 Å². The predicted molar refractivity (Wildman–Crippen MR) is 80.7 cm³/mol. The molecule has 0 aliphatic rings. The van der Waals surface area contributed by atoms with Gasteiger partial charge in [-0.2, -0.15) is 0 Å². The first-order valence-corrected chi connectivity index (χ1v) is 6.48. The first kappa shape index (κ1) is 15.8. The molecule has 2 rings (SSSR count). The molecule has 1 aromatic carbocycles. The van der Waals surface area contributed by atoms with Crippen molar-refractivity contribution in [1.29, 1.82) is 0 Å². The second-order valence-electron chi connectivity index (χ2n) is 3.73. The van der Waals surface area contributed by atoms with E-state index in [2.05, 4.69) is 10.3 Å². The number of hydrogen-bond acceptors (Lipinski definition) is 5. The van der Waals surface area contributed by atoms with Crippen LogP contribution >= 0.6 is 23.7 Å². The third-order valence-electron chi connectivity index (χ3n) is 2.56. The van der Waals surface area contributed by atoms with Crippen LogP contribution in [0.2, 0.25) is 0 Å². The third kappa shape index (κ3) is 3.59. The third-order valence-corrected chi connectivity index (χ3v) is 3.41. The molecule has 0 amide bonds. The van der Waals surface area contributed by atoms with Crippen molar-refractivity contribution in [1.82, 2.24) is 10.3 Å². The molecule has 0 bridgehead atoms. The van der Waals surface area contributed by atoms with Gasteiger partial charge in [-0.05, 0) is 25.2 Å². The Morgan fingerprint density at radius 2 is 1.95 bits per heavy atom. The highest BCUT2D eigenvalue weighted by atomic mass is 35.5. The number of nitrogens with one attached hydrogen (secondary N) is 1. The van der Waals surface area contributed by atoms with Crippen molar-refractivity contribution in [2.24, 2.45) is 0 Å². The standard InChI is InChI=1S/C13H16N2O2S.ClH/c1-14-7-13-15-10(8-18-13)9-4-5-11(16-2)12(6-9)17-3;/h4-6,8,14H,7H2,1-3H3;1H. The van der Waals surface area contributed by atoms with Crippen LogP contribution in [-0.2, 0) is 6.54 Å². The Morgan fingerprint density at radius 1 is 1.21 bits per heavy atom. The number of halogens is 1. The van der Waals surface area contributed by atoms with E-state index < -0.39 is 0 Å². The molecule has 0 spiro atoms. The van der Waals surface area contributed by atoms with E-state index in [0.29, 0.717) is 0 Å². The molecule has 0 saturated heterocycles. The molecule has 0 saturated carbocycles. The van der Waals surface area contributed by atoms with Crippen LogP contribution in [0.25, 0.3) is 11.3 Å². The lowest BCUT2D eigenvalue weighted by atomic mass is 10.1. The summed E-state index contributed by atoms with van der Waals surface area (Å²) < 4.78 is 10.5. The van der Waals surface area contributed by atoms with Gasteiger partial charge in [0, 0.05) is 17.5 Å². The molecular weight excluding hydrogens is 284 g/mol. The Bertz CT molecular complexity index is 531. The van der Waals surface area contributed by atoms with E-state index >= 15 is 0 Å². The number of methoxy groups -OCH3 is 2. The van der Waals surface area contributed by atoms with Crippen molar-refractivity contribution < 1.29 is 9.47 Å². The van der Waals surface area contributed by atoms with Crippen LogP contribution in [0.3, 0.4) is 0 Å². The van der Waals surface area contributed by atoms with Gasteiger partial charge in [-0.15, -0.1) is 23.7 Å². The van der Waals surface area contributed by atoms with Gasteiger partial charge in [0.25, 0.3) is 0 Å². The Labute approximate surface area is 123 Å². The van der Waals surface area contributed by atoms with Crippen LogP contribution in [0.1, 0.15) is 5.01 Å². The first-order chi connectivity index (χ1) is 8.78. The summed E-state index contributed by atoms with van der Waals surface area (Å²) in [7, 11) is 5.18. The van der Waals surface area contributed by atoms with Gasteiger partial charge >= 0.3 is 0 Å². The van der Waals surface area contributed by atoms with E-state index in [1.54, 1.807) is 25.6 Å². The molecule has 4 nitrogen and oxygen atoms in total.